The second-order valence-corrected chi connectivity index (χ2v) is 12.4. The molecule has 0 radical (unpaired) electrons. The van der Waals surface area contributed by atoms with E-state index in [-0.39, 0.29) is 11.4 Å². The van der Waals surface area contributed by atoms with E-state index in [1.54, 1.807) is 94.7 Å². The molecule has 0 heterocycles. The third kappa shape index (κ3) is 6.53. The van der Waals surface area contributed by atoms with Crippen molar-refractivity contribution in [3.63, 3.8) is 0 Å². The lowest BCUT2D eigenvalue weighted by atomic mass is 9.96. The van der Waals surface area contributed by atoms with Gasteiger partial charge in [-0.2, -0.15) is 0 Å². The first-order valence-electron chi connectivity index (χ1n) is 23.5. The molecular weight excluding hydrogens is 653 g/mol. The molecular formula is C52H38N2. The summed E-state index contributed by atoms with van der Waals surface area (Å²) in [6, 6.07) is 40.7. The molecule has 0 spiro atoms. The Kier molecular flexibility index (Phi) is 6.05. The number of para-hydroxylation sites is 4. The van der Waals surface area contributed by atoms with Gasteiger partial charge in [0.05, 0.1) is 22.1 Å². The maximum Gasteiger partial charge on any atom is 0.0645 e. The fourth-order valence-corrected chi connectivity index (χ4v) is 6.53. The number of rotatable bonds is 9. The number of benzene rings is 9. The Morgan fingerprint density at radius 1 is 0.278 bits per heavy atom. The molecule has 9 aromatic carbocycles. The molecule has 0 unspecified atom stereocenters. The number of fused-ring (bicyclic) bond motifs is 1. The molecule has 54 heavy (non-hydrogen) atoms. The van der Waals surface area contributed by atoms with E-state index < -0.39 is 94.8 Å². The van der Waals surface area contributed by atoms with Crippen LogP contribution in [0.3, 0.4) is 0 Å². The van der Waals surface area contributed by atoms with E-state index in [2.05, 4.69) is 0 Å². The van der Waals surface area contributed by atoms with Gasteiger partial charge in [0.25, 0.3) is 0 Å². The van der Waals surface area contributed by atoms with Crippen molar-refractivity contribution in [2.45, 2.75) is 0 Å². The second-order valence-electron chi connectivity index (χ2n) is 12.4. The largest absolute Gasteiger partial charge is 0.311 e. The molecule has 256 valence electrons. The van der Waals surface area contributed by atoms with Gasteiger partial charge in [0.2, 0.25) is 0 Å². The Hall–Kier alpha value is -7.16. The number of hydrogen-bond acceptors (Lipinski definition) is 2. The quantitative estimate of drug-likeness (QED) is 0.148. The molecule has 0 N–H and O–H groups in total. The highest BCUT2D eigenvalue weighted by atomic mass is 15.1. The molecule has 0 aliphatic carbocycles. The summed E-state index contributed by atoms with van der Waals surface area (Å²) in [5, 5.41) is 1.97. The van der Waals surface area contributed by atoms with Gasteiger partial charge in [0.15, 0.2) is 0 Å². The van der Waals surface area contributed by atoms with Gasteiger partial charge in [0, 0.05) is 34.0 Å². The van der Waals surface area contributed by atoms with Crippen LogP contribution in [0, 0.1) is 0 Å². The first-order valence-corrected chi connectivity index (χ1v) is 17.5. The van der Waals surface area contributed by atoms with Crippen LogP contribution in [0.15, 0.2) is 230 Å². The van der Waals surface area contributed by atoms with Crippen molar-refractivity contribution in [1.29, 1.82) is 0 Å². The molecule has 0 aromatic heterocycles. The zero-order valence-corrected chi connectivity index (χ0v) is 28.9. The van der Waals surface area contributed by atoms with Crippen molar-refractivity contribution in [1.82, 2.24) is 0 Å². The zero-order chi connectivity index (χ0) is 46.6. The van der Waals surface area contributed by atoms with Crippen LogP contribution < -0.4 is 9.80 Å². The van der Waals surface area contributed by atoms with Gasteiger partial charge in [0.1, 0.15) is 0 Å². The maximum atomic E-state index is 9.52. The van der Waals surface area contributed by atoms with Crippen molar-refractivity contribution in [2.24, 2.45) is 0 Å². The molecule has 0 aliphatic heterocycles. The highest BCUT2D eigenvalue weighted by molar-refractivity contribution is 6.01. The minimum Gasteiger partial charge on any atom is -0.311 e. The predicted octanol–water partition coefficient (Wildman–Crippen LogP) is 14.8. The van der Waals surface area contributed by atoms with E-state index in [0.717, 1.165) is 21.9 Å². The highest BCUT2D eigenvalue weighted by Crippen LogP contribution is 2.43. The van der Waals surface area contributed by atoms with Crippen LogP contribution in [0.25, 0.3) is 44.2 Å². The van der Waals surface area contributed by atoms with Crippen LogP contribution in [-0.2, 0) is 0 Å². The molecule has 0 bridgehead atoms. The average Bonchev–Trinajstić information content (AvgIpc) is 3.35. The summed E-state index contributed by atoms with van der Waals surface area (Å²) in [5.74, 6) is 0. The predicted molar refractivity (Wildman–Crippen MR) is 230 cm³/mol. The molecule has 0 fully saturated rings. The van der Waals surface area contributed by atoms with Crippen LogP contribution >= 0.6 is 0 Å². The lowest BCUT2D eigenvalue weighted by molar-refractivity contribution is 1.28. The third-order valence-electron chi connectivity index (χ3n) is 9.06. The lowest BCUT2D eigenvalue weighted by Gasteiger charge is -2.28. The molecule has 0 saturated heterocycles. The summed E-state index contributed by atoms with van der Waals surface area (Å²) in [6.45, 7) is 0. The van der Waals surface area contributed by atoms with Crippen LogP contribution in [0.1, 0.15) is 16.4 Å². The van der Waals surface area contributed by atoms with Gasteiger partial charge < -0.3 is 9.80 Å². The molecule has 2 heteroatoms. The standard InChI is InChI=1S/C52H38N2/c1-4-17-44(18-5-1)53(45-19-6-2-7-20-45)47-35-31-41(32-36-47)39-27-29-40(30-28-39)42-33-37-48(38-34-42)54(46-21-8-3-9-22-46)52-26-13-12-24-51(52)50-25-14-16-43-15-10-11-23-49(43)50/h1-38H/i27D,28D,29D,30D,31D,32D,33D,34D,35D,36D,37D,38D. The SMILES string of the molecule is [2H]c1c([2H])c(-c2c([2H])c([2H])c(N(c3ccccc3)c3ccccc3-c3cccc4ccccc34)c([2H])c2[2H])c([2H])c([2H])c1-c1c([2H])c([2H])c(N(c2ccccc2)c2ccccc2)c([2H])c1[2H]. The fourth-order valence-electron chi connectivity index (χ4n) is 6.53. The Balaban J connectivity index is 1.22. The van der Waals surface area contributed by atoms with E-state index in [9.17, 15) is 16.4 Å². The Morgan fingerprint density at radius 2 is 0.648 bits per heavy atom. The monoisotopic (exact) mass is 702 g/mol. The van der Waals surface area contributed by atoms with Crippen LogP contribution in [0.2, 0.25) is 0 Å². The molecule has 0 aliphatic rings. The molecule has 0 saturated carbocycles. The van der Waals surface area contributed by atoms with E-state index in [1.165, 1.54) is 0 Å². The van der Waals surface area contributed by atoms with Gasteiger partial charge in [-0.3, -0.25) is 0 Å². The average molecular weight is 703 g/mol. The van der Waals surface area contributed by atoms with E-state index >= 15 is 0 Å². The highest BCUT2D eigenvalue weighted by Gasteiger charge is 2.18. The molecule has 2 nitrogen and oxygen atoms in total. The smallest absolute Gasteiger partial charge is 0.0645 e. The van der Waals surface area contributed by atoms with E-state index in [0.29, 0.717) is 22.7 Å². The topological polar surface area (TPSA) is 6.48 Å². The van der Waals surface area contributed by atoms with Gasteiger partial charge >= 0.3 is 0 Å². The van der Waals surface area contributed by atoms with Crippen molar-refractivity contribution < 1.29 is 16.4 Å². The second kappa shape index (κ2) is 14.8. The van der Waals surface area contributed by atoms with Crippen molar-refractivity contribution >= 4 is 44.9 Å². The Labute approximate surface area is 334 Å². The summed E-state index contributed by atoms with van der Waals surface area (Å²) >= 11 is 0. The van der Waals surface area contributed by atoms with Crippen molar-refractivity contribution in [3.8, 4) is 33.4 Å². The molecule has 9 aromatic rings. The number of hydrogen-bond donors (Lipinski definition) is 0. The van der Waals surface area contributed by atoms with Gasteiger partial charge in [-0.1, -0.05) is 164 Å². The van der Waals surface area contributed by atoms with Gasteiger partial charge in [-0.05, 0) is 105 Å². The fraction of sp³-hybridized carbons (Fsp3) is 0. The number of anilines is 6. The minimum absolute atomic E-state index is 0.0916. The minimum atomic E-state index is -0.739. The first-order chi connectivity index (χ1) is 31.8. The van der Waals surface area contributed by atoms with E-state index in [1.807, 2.05) is 72.8 Å². The zero-order valence-electron chi connectivity index (χ0n) is 40.9. The normalized spacial score (nSPS) is 14.1. The van der Waals surface area contributed by atoms with Gasteiger partial charge in [-0.25, -0.2) is 0 Å². The molecule has 0 atom stereocenters. The van der Waals surface area contributed by atoms with Crippen LogP contribution in [-0.4, -0.2) is 0 Å². The van der Waals surface area contributed by atoms with Crippen molar-refractivity contribution in [2.75, 3.05) is 9.80 Å². The van der Waals surface area contributed by atoms with Gasteiger partial charge in [-0.15, -0.1) is 0 Å². The maximum absolute atomic E-state index is 9.52. The lowest BCUT2D eigenvalue weighted by Crippen LogP contribution is -2.11. The first kappa shape index (κ1) is 22.0. The Bertz CT molecular complexity index is 3220. The van der Waals surface area contributed by atoms with Crippen molar-refractivity contribution in [3.05, 3.63) is 230 Å². The summed E-state index contributed by atoms with van der Waals surface area (Å²) in [4.78, 5) is 3.23. The number of nitrogens with zero attached hydrogens (tertiary/aromatic N) is 2. The van der Waals surface area contributed by atoms with Crippen LogP contribution in [0.4, 0.5) is 34.1 Å². The summed E-state index contributed by atoms with van der Waals surface area (Å²) in [6.07, 6.45) is 0. The molecule has 0 amide bonds. The molecule has 9 rings (SSSR count). The summed E-state index contributed by atoms with van der Waals surface area (Å²) < 4.78 is 112. The third-order valence-corrected chi connectivity index (χ3v) is 9.06. The summed E-state index contributed by atoms with van der Waals surface area (Å²) in [5.41, 5.74) is 1.69. The Morgan fingerprint density at radius 3 is 1.19 bits per heavy atom. The van der Waals surface area contributed by atoms with Crippen LogP contribution in [0.5, 0.6) is 0 Å². The summed E-state index contributed by atoms with van der Waals surface area (Å²) in [7, 11) is 0. The van der Waals surface area contributed by atoms with E-state index in [4.69, 9.17) is 0 Å².